The Morgan fingerprint density at radius 1 is 1.21 bits per heavy atom. The van der Waals surface area contributed by atoms with Gasteiger partial charge in [0.05, 0.1) is 6.10 Å². The van der Waals surface area contributed by atoms with E-state index in [1.165, 1.54) is 0 Å². The van der Waals surface area contributed by atoms with Crippen molar-refractivity contribution in [3.63, 3.8) is 0 Å². The maximum Gasteiger partial charge on any atom is 0.246 e. The number of ether oxygens (including phenoxy) is 2. The highest BCUT2D eigenvalue weighted by molar-refractivity contribution is 14.0. The Labute approximate surface area is 185 Å². The lowest BCUT2D eigenvalue weighted by atomic mass is 10.1. The number of nitrogens with one attached hydrogen (secondary N) is 2. The molecule has 158 valence electrons. The number of piperidine rings is 1. The van der Waals surface area contributed by atoms with Gasteiger partial charge in [-0.25, -0.2) is 4.99 Å². The first-order valence-electron chi connectivity index (χ1n) is 9.71. The fourth-order valence-corrected chi connectivity index (χ4v) is 2.98. The molecule has 1 amide bonds. The molecular formula is C20H33IN4O3. The summed E-state index contributed by atoms with van der Waals surface area (Å²) in [5, 5.41) is 6.15. The number of hydrogen-bond acceptors (Lipinski definition) is 4. The van der Waals surface area contributed by atoms with E-state index in [2.05, 4.69) is 20.5 Å². The van der Waals surface area contributed by atoms with E-state index in [1.807, 2.05) is 37.3 Å². The number of likely N-dealkylation sites (tertiary alicyclic amines) is 1. The van der Waals surface area contributed by atoms with Crippen LogP contribution in [0.25, 0.3) is 0 Å². The second-order valence-electron chi connectivity index (χ2n) is 6.49. The zero-order chi connectivity index (χ0) is 19.3. The molecule has 0 unspecified atom stereocenters. The molecule has 28 heavy (non-hydrogen) atoms. The van der Waals surface area contributed by atoms with Crippen molar-refractivity contribution in [1.29, 1.82) is 0 Å². The maximum atomic E-state index is 12.1. The Morgan fingerprint density at radius 2 is 1.93 bits per heavy atom. The number of nitrogens with zero attached hydrogens (tertiary/aromatic N) is 2. The molecule has 1 aromatic carbocycles. The smallest absolute Gasteiger partial charge is 0.246 e. The predicted octanol–water partition coefficient (Wildman–Crippen LogP) is 2.73. The monoisotopic (exact) mass is 504 g/mol. The summed E-state index contributed by atoms with van der Waals surface area (Å²) in [5.41, 5.74) is 0.786. The number of para-hydroxylation sites is 1. The number of amides is 1. The Hall–Kier alpha value is -1.39. The normalized spacial score (nSPS) is 15.1. The highest BCUT2D eigenvalue weighted by Crippen LogP contribution is 2.14. The van der Waals surface area contributed by atoms with E-state index in [1.54, 1.807) is 7.11 Å². The third-order valence-electron chi connectivity index (χ3n) is 4.35. The fraction of sp³-hybridized carbons (Fsp3) is 0.600. The van der Waals surface area contributed by atoms with Crippen LogP contribution in [0, 0.1) is 0 Å². The van der Waals surface area contributed by atoms with Crippen molar-refractivity contribution in [3.05, 3.63) is 30.3 Å². The van der Waals surface area contributed by atoms with Crippen LogP contribution in [0.1, 0.15) is 26.2 Å². The van der Waals surface area contributed by atoms with Gasteiger partial charge in [-0.3, -0.25) is 4.79 Å². The minimum Gasteiger partial charge on any atom is -0.385 e. The number of halogens is 1. The second kappa shape index (κ2) is 14.6. The Balaban J connectivity index is 0.00000392. The van der Waals surface area contributed by atoms with Crippen molar-refractivity contribution in [2.24, 2.45) is 4.99 Å². The molecule has 1 saturated heterocycles. The third kappa shape index (κ3) is 9.20. The lowest BCUT2D eigenvalue weighted by Gasteiger charge is -2.34. The first-order chi connectivity index (χ1) is 13.2. The zero-order valence-electron chi connectivity index (χ0n) is 16.9. The van der Waals surface area contributed by atoms with Gasteiger partial charge in [-0.1, -0.05) is 18.2 Å². The lowest BCUT2D eigenvalue weighted by Crippen LogP contribution is -2.47. The van der Waals surface area contributed by atoms with Crippen LogP contribution in [-0.2, 0) is 14.3 Å². The number of guanidine groups is 1. The molecule has 0 radical (unpaired) electrons. The molecule has 1 aromatic rings. The van der Waals surface area contributed by atoms with Crippen LogP contribution in [0.3, 0.4) is 0 Å². The van der Waals surface area contributed by atoms with Crippen LogP contribution < -0.4 is 10.6 Å². The summed E-state index contributed by atoms with van der Waals surface area (Å²) in [6.45, 7) is 6.14. The van der Waals surface area contributed by atoms with Crippen LogP contribution >= 0.6 is 24.0 Å². The fourth-order valence-electron chi connectivity index (χ4n) is 2.98. The Bertz CT molecular complexity index is 578. The number of rotatable bonds is 9. The second-order valence-corrected chi connectivity index (χ2v) is 6.49. The highest BCUT2D eigenvalue weighted by Gasteiger charge is 2.22. The molecular weight excluding hydrogens is 471 g/mol. The molecule has 1 aliphatic rings. The number of carbonyl (C=O) groups excluding carboxylic acids is 1. The number of hydrogen-bond donors (Lipinski definition) is 2. The lowest BCUT2D eigenvalue weighted by molar-refractivity contribution is -0.114. The van der Waals surface area contributed by atoms with E-state index >= 15 is 0 Å². The largest absolute Gasteiger partial charge is 0.385 e. The van der Waals surface area contributed by atoms with Gasteiger partial charge >= 0.3 is 0 Å². The number of carbonyl (C=O) groups is 1. The van der Waals surface area contributed by atoms with Gasteiger partial charge in [0, 0.05) is 45.6 Å². The van der Waals surface area contributed by atoms with Gasteiger partial charge in [-0.15, -0.1) is 24.0 Å². The molecule has 8 heteroatoms. The molecule has 0 spiro atoms. The summed E-state index contributed by atoms with van der Waals surface area (Å²) in [6.07, 6.45) is 3.15. The summed E-state index contributed by atoms with van der Waals surface area (Å²) in [4.78, 5) is 18.8. The molecule has 0 aromatic heterocycles. The van der Waals surface area contributed by atoms with Crippen LogP contribution in [-0.4, -0.2) is 69.4 Å². The molecule has 0 bridgehead atoms. The number of aliphatic imine (C=N–C) groups is 1. The van der Waals surface area contributed by atoms with Crippen molar-refractivity contribution in [1.82, 2.24) is 10.2 Å². The first-order valence-corrected chi connectivity index (χ1v) is 9.71. The van der Waals surface area contributed by atoms with Crippen molar-refractivity contribution in [2.45, 2.75) is 32.3 Å². The van der Waals surface area contributed by atoms with Gasteiger partial charge in [-0.2, -0.15) is 0 Å². The van der Waals surface area contributed by atoms with Crippen molar-refractivity contribution in [2.75, 3.05) is 51.8 Å². The van der Waals surface area contributed by atoms with Gasteiger partial charge in [0.25, 0.3) is 0 Å². The van der Waals surface area contributed by atoms with Gasteiger partial charge in [0.15, 0.2) is 5.96 Å². The topological polar surface area (TPSA) is 75.2 Å². The quantitative estimate of drug-likeness (QED) is 0.234. The summed E-state index contributed by atoms with van der Waals surface area (Å²) in [7, 11) is 1.71. The highest BCUT2D eigenvalue weighted by atomic mass is 127. The third-order valence-corrected chi connectivity index (χ3v) is 4.35. The molecule has 7 nitrogen and oxygen atoms in total. The van der Waals surface area contributed by atoms with E-state index in [0.717, 1.165) is 63.8 Å². The van der Waals surface area contributed by atoms with E-state index in [0.29, 0.717) is 6.10 Å². The molecule has 2 rings (SSSR count). The molecule has 1 fully saturated rings. The molecule has 0 saturated carbocycles. The van der Waals surface area contributed by atoms with E-state index in [9.17, 15) is 4.79 Å². The molecule has 2 N–H and O–H groups in total. The SMILES string of the molecule is CCNC(=NCC(=O)Nc1ccccc1)N1CCC(OCCCOC)CC1.I. The average Bonchev–Trinajstić information content (AvgIpc) is 2.70. The van der Waals surface area contributed by atoms with Crippen molar-refractivity contribution in [3.8, 4) is 0 Å². The number of methoxy groups -OCH3 is 1. The minimum atomic E-state index is -0.118. The van der Waals surface area contributed by atoms with Crippen LogP contribution in [0.15, 0.2) is 35.3 Å². The molecule has 1 aliphatic heterocycles. The standard InChI is InChI=1S/C20H32N4O3.HI/c1-3-21-20(22-16-19(25)23-17-8-5-4-6-9-17)24-12-10-18(11-13-24)27-15-7-14-26-2;/h4-6,8-9,18H,3,7,10-16H2,1-2H3,(H,21,22)(H,23,25);1H. The van der Waals surface area contributed by atoms with E-state index in [-0.39, 0.29) is 36.4 Å². The van der Waals surface area contributed by atoms with Crippen LogP contribution in [0.2, 0.25) is 0 Å². The van der Waals surface area contributed by atoms with Crippen molar-refractivity contribution >= 4 is 41.5 Å². The summed E-state index contributed by atoms with van der Waals surface area (Å²) in [5.74, 6) is 0.673. The van der Waals surface area contributed by atoms with Crippen LogP contribution in [0.4, 0.5) is 5.69 Å². The minimum absolute atomic E-state index is 0. The van der Waals surface area contributed by atoms with Gasteiger partial charge in [-0.05, 0) is 38.3 Å². The number of benzene rings is 1. The summed E-state index contributed by atoms with van der Waals surface area (Å²) in [6, 6.07) is 9.44. The van der Waals surface area contributed by atoms with E-state index < -0.39 is 0 Å². The van der Waals surface area contributed by atoms with Crippen molar-refractivity contribution < 1.29 is 14.3 Å². The van der Waals surface area contributed by atoms with E-state index in [4.69, 9.17) is 9.47 Å². The average molecular weight is 504 g/mol. The summed E-state index contributed by atoms with van der Waals surface area (Å²) < 4.78 is 11.0. The molecule has 1 heterocycles. The first kappa shape index (κ1) is 24.6. The van der Waals surface area contributed by atoms with Gasteiger partial charge < -0.3 is 25.0 Å². The Kier molecular flexibility index (Phi) is 12.8. The van der Waals surface area contributed by atoms with Crippen LogP contribution in [0.5, 0.6) is 0 Å². The Morgan fingerprint density at radius 3 is 2.57 bits per heavy atom. The molecule has 0 aliphatic carbocycles. The maximum absolute atomic E-state index is 12.1. The van der Waals surface area contributed by atoms with Gasteiger partial charge in [0.2, 0.25) is 5.91 Å². The van der Waals surface area contributed by atoms with Gasteiger partial charge in [0.1, 0.15) is 6.54 Å². The molecule has 0 atom stereocenters. The zero-order valence-corrected chi connectivity index (χ0v) is 19.2. The summed E-state index contributed by atoms with van der Waals surface area (Å²) >= 11 is 0. The number of anilines is 1. The predicted molar refractivity (Wildman–Crippen MR) is 124 cm³/mol.